The van der Waals surface area contributed by atoms with E-state index >= 15 is 0 Å². The van der Waals surface area contributed by atoms with E-state index in [2.05, 4.69) is 21.6 Å². The average Bonchev–Trinajstić information content (AvgIpc) is 3.52. The number of nitrogens with two attached hydrogens (primary N) is 1. The van der Waals surface area contributed by atoms with Gasteiger partial charge in [0.15, 0.2) is 5.96 Å². The van der Waals surface area contributed by atoms with Crippen LogP contribution in [0.15, 0.2) is 18.2 Å². The van der Waals surface area contributed by atoms with Crippen molar-refractivity contribution < 1.29 is 10.2 Å². The number of phenolic OH excluding ortho intramolecular Hbond substituents is 1. The summed E-state index contributed by atoms with van der Waals surface area (Å²) in [6.45, 7) is 3.51. The quantitative estimate of drug-likeness (QED) is 0.236. The first-order valence-electron chi connectivity index (χ1n) is 11.5. The number of nitrogens with zero attached hydrogens (tertiary/aromatic N) is 1. The van der Waals surface area contributed by atoms with Crippen LogP contribution in [-0.4, -0.2) is 64.9 Å². The van der Waals surface area contributed by atoms with Gasteiger partial charge in [0.2, 0.25) is 0 Å². The first kappa shape index (κ1) is 20.1. The second-order valence-corrected chi connectivity index (χ2v) is 9.99. The number of guanidine groups is 1. The topological polar surface area (TPSA) is 118 Å². The number of piperidine rings is 1. The van der Waals surface area contributed by atoms with Gasteiger partial charge in [0.25, 0.3) is 0 Å². The Labute approximate surface area is 178 Å². The monoisotopic (exact) mass is 413 g/mol. The number of phenols is 1. The van der Waals surface area contributed by atoms with Crippen molar-refractivity contribution in [3.05, 3.63) is 29.3 Å². The Morgan fingerprint density at radius 2 is 2.07 bits per heavy atom. The maximum Gasteiger partial charge on any atom is 0.185 e. The summed E-state index contributed by atoms with van der Waals surface area (Å²) in [7, 11) is 0. The molecule has 4 aliphatic rings. The molecule has 0 amide bonds. The van der Waals surface area contributed by atoms with Crippen LogP contribution in [0.5, 0.6) is 5.75 Å². The Kier molecular flexibility index (Phi) is 4.95. The fraction of sp³-hybridized carbons (Fsp3) is 0.696. The summed E-state index contributed by atoms with van der Waals surface area (Å²) in [6.07, 6.45) is 7.09. The van der Waals surface area contributed by atoms with Gasteiger partial charge in [0.05, 0.1) is 5.60 Å². The number of aromatic hydroxyl groups is 1. The Hall–Kier alpha value is -1.83. The molecule has 4 atom stereocenters. The maximum absolute atomic E-state index is 12.3. The van der Waals surface area contributed by atoms with Crippen LogP contribution in [0, 0.1) is 11.3 Å². The molecule has 1 aliphatic heterocycles. The normalized spacial score (nSPS) is 35.4. The minimum absolute atomic E-state index is 0.00373. The van der Waals surface area contributed by atoms with Crippen molar-refractivity contribution in [2.45, 2.75) is 68.0 Å². The summed E-state index contributed by atoms with van der Waals surface area (Å²) < 4.78 is 0. The molecule has 1 aromatic carbocycles. The molecule has 1 unspecified atom stereocenters. The lowest BCUT2D eigenvalue weighted by Crippen LogP contribution is -2.74. The van der Waals surface area contributed by atoms with Crippen LogP contribution in [0.25, 0.3) is 0 Å². The van der Waals surface area contributed by atoms with Gasteiger partial charge in [-0.15, -0.1) is 0 Å². The van der Waals surface area contributed by atoms with E-state index in [9.17, 15) is 10.2 Å². The molecule has 5 rings (SSSR count). The minimum atomic E-state index is -0.739. The number of hydrogen-bond acceptors (Lipinski definition) is 5. The van der Waals surface area contributed by atoms with Crippen molar-refractivity contribution in [3.63, 3.8) is 0 Å². The highest BCUT2D eigenvalue weighted by molar-refractivity contribution is 5.74. The van der Waals surface area contributed by atoms with Crippen LogP contribution in [0.1, 0.15) is 49.7 Å². The third-order valence-electron chi connectivity index (χ3n) is 8.20. The number of hydrogen-bond donors (Lipinski definition) is 6. The standard InChI is InChI=1S/C23H35N5O2/c24-21(25)27-9-8-26-17-5-6-23(30)20-11-16-3-4-18(29)12-19(16)22(23,13-17)7-10-28(20)14-15-1-2-15/h3-4,12,15,17,20,26,29-30H,1-2,5-11,13-14H2,(H4,24,25,27)/t17-,20-,22?,23-/m1/s1. The van der Waals surface area contributed by atoms with Gasteiger partial charge in [-0.2, -0.15) is 0 Å². The fourth-order valence-electron chi connectivity index (χ4n) is 6.60. The first-order valence-corrected chi connectivity index (χ1v) is 11.5. The molecular weight excluding hydrogens is 378 g/mol. The fourth-order valence-corrected chi connectivity index (χ4v) is 6.60. The van der Waals surface area contributed by atoms with Gasteiger partial charge in [0.1, 0.15) is 5.75 Å². The molecule has 1 saturated heterocycles. The summed E-state index contributed by atoms with van der Waals surface area (Å²) in [5.74, 6) is 1.11. The van der Waals surface area contributed by atoms with Gasteiger partial charge in [-0.25, -0.2) is 0 Å². The molecule has 30 heavy (non-hydrogen) atoms. The highest BCUT2D eigenvalue weighted by atomic mass is 16.3. The molecule has 0 spiro atoms. The third-order valence-corrected chi connectivity index (χ3v) is 8.20. The van der Waals surface area contributed by atoms with E-state index in [4.69, 9.17) is 11.1 Å². The lowest BCUT2D eigenvalue weighted by molar-refractivity contribution is -0.170. The first-order chi connectivity index (χ1) is 14.4. The number of rotatable bonds is 6. The summed E-state index contributed by atoms with van der Waals surface area (Å²) in [5, 5.41) is 36.3. The second kappa shape index (κ2) is 7.39. The maximum atomic E-state index is 12.3. The van der Waals surface area contributed by atoms with Gasteiger partial charge >= 0.3 is 0 Å². The molecule has 1 heterocycles. The second-order valence-electron chi connectivity index (χ2n) is 9.99. The SMILES string of the molecule is N=C(N)NCCN[C@@H]1CC[C@@]2(O)[C@H]3Cc4ccc(O)cc4C2(CCN3CC2CC2)C1. The molecule has 1 aromatic rings. The van der Waals surface area contributed by atoms with Crippen LogP contribution < -0.4 is 16.4 Å². The number of aliphatic hydroxyl groups is 1. The van der Waals surface area contributed by atoms with Crippen molar-refractivity contribution in [3.8, 4) is 5.75 Å². The molecule has 3 fully saturated rings. The molecule has 3 aliphatic carbocycles. The van der Waals surface area contributed by atoms with Crippen molar-refractivity contribution in [1.29, 1.82) is 5.41 Å². The van der Waals surface area contributed by atoms with Gasteiger partial charge in [-0.3, -0.25) is 10.3 Å². The van der Waals surface area contributed by atoms with E-state index in [0.717, 1.165) is 57.7 Å². The summed E-state index contributed by atoms with van der Waals surface area (Å²) >= 11 is 0. The van der Waals surface area contributed by atoms with E-state index in [1.807, 2.05) is 6.07 Å². The third kappa shape index (κ3) is 3.27. The van der Waals surface area contributed by atoms with Gasteiger partial charge < -0.3 is 26.6 Å². The largest absolute Gasteiger partial charge is 0.508 e. The van der Waals surface area contributed by atoms with Crippen molar-refractivity contribution in [2.24, 2.45) is 11.7 Å². The average molecular weight is 414 g/mol. The van der Waals surface area contributed by atoms with Gasteiger partial charge in [0, 0.05) is 37.1 Å². The van der Waals surface area contributed by atoms with E-state index in [1.54, 1.807) is 6.07 Å². The summed E-state index contributed by atoms with van der Waals surface area (Å²) in [5.41, 5.74) is 6.79. The number of nitrogens with one attached hydrogen (secondary N) is 3. The molecular formula is C23H35N5O2. The van der Waals surface area contributed by atoms with Crippen molar-refractivity contribution in [2.75, 3.05) is 26.2 Å². The zero-order valence-electron chi connectivity index (χ0n) is 17.7. The molecule has 7 N–H and O–H groups in total. The van der Waals surface area contributed by atoms with Crippen LogP contribution in [-0.2, 0) is 11.8 Å². The van der Waals surface area contributed by atoms with Crippen LogP contribution >= 0.6 is 0 Å². The molecule has 7 heteroatoms. The zero-order chi connectivity index (χ0) is 20.9. The molecule has 2 bridgehead atoms. The van der Waals surface area contributed by atoms with Gasteiger partial charge in [-0.05, 0) is 80.7 Å². The van der Waals surface area contributed by atoms with E-state index in [0.29, 0.717) is 18.3 Å². The van der Waals surface area contributed by atoms with Crippen LogP contribution in [0.2, 0.25) is 0 Å². The Bertz CT molecular complexity index is 828. The smallest absolute Gasteiger partial charge is 0.185 e. The summed E-state index contributed by atoms with van der Waals surface area (Å²) in [4.78, 5) is 2.58. The van der Waals surface area contributed by atoms with E-state index in [-0.39, 0.29) is 17.4 Å². The number of likely N-dealkylation sites (tertiary alicyclic amines) is 1. The predicted octanol–water partition coefficient (Wildman–Crippen LogP) is 1.03. The lowest BCUT2D eigenvalue weighted by atomic mass is 9.49. The van der Waals surface area contributed by atoms with Crippen molar-refractivity contribution in [1.82, 2.24) is 15.5 Å². The Balaban J connectivity index is 1.43. The zero-order valence-corrected chi connectivity index (χ0v) is 17.7. The Morgan fingerprint density at radius 3 is 2.83 bits per heavy atom. The molecule has 2 saturated carbocycles. The number of fused-ring (bicyclic) bond motifs is 1. The van der Waals surface area contributed by atoms with Crippen LogP contribution in [0.3, 0.4) is 0 Å². The van der Waals surface area contributed by atoms with Crippen LogP contribution in [0.4, 0.5) is 0 Å². The predicted molar refractivity (Wildman–Crippen MR) is 117 cm³/mol. The van der Waals surface area contributed by atoms with Crippen molar-refractivity contribution >= 4 is 5.96 Å². The molecule has 0 aromatic heterocycles. The Morgan fingerprint density at radius 1 is 1.23 bits per heavy atom. The lowest BCUT2D eigenvalue weighted by Gasteiger charge is -2.65. The van der Waals surface area contributed by atoms with Gasteiger partial charge in [-0.1, -0.05) is 6.07 Å². The van der Waals surface area contributed by atoms with E-state index < -0.39 is 5.60 Å². The molecule has 164 valence electrons. The highest BCUT2D eigenvalue weighted by Crippen LogP contribution is 2.58. The summed E-state index contributed by atoms with van der Waals surface area (Å²) in [6, 6.07) is 6.28. The highest BCUT2D eigenvalue weighted by Gasteiger charge is 2.64. The minimum Gasteiger partial charge on any atom is -0.508 e. The molecule has 7 nitrogen and oxygen atoms in total. The molecule has 0 radical (unpaired) electrons. The number of benzene rings is 1. The van der Waals surface area contributed by atoms with E-state index in [1.165, 1.54) is 24.0 Å².